The third kappa shape index (κ3) is 5.25. The van der Waals surface area contributed by atoms with E-state index in [9.17, 15) is 18.0 Å². The minimum absolute atomic E-state index is 0.195. The molecule has 1 amide bonds. The molecule has 102 valence electrons. The average molecular weight is 272 g/mol. The Balaban J connectivity index is 2.49. The van der Waals surface area contributed by atoms with E-state index in [0.717, 1.165) is 0 Å². The molecule has 0 bridgehead atoms. The number of nitrogens with zero attached hydrogens (tertiary/aromatic N) is 2. The number of nitrogens with one attached hydrogen (secondary N) is 2. The van der Waals surface area contributed by atoms with E-state index in [4.69, 9.17) is 5.26 Å². The number of aromatic nitrogens is 1. The van der Waals surface area contributed by atoms with Crippen molar-refractivity contribution >= 4 is 11.7 Å². The highest BCUT2D eigenvalue weighted by Gasteiger charge is 2.27. The van der Waals surface area contributed by atoms with Gasteiger partial charge in [-0.1, -0.05) is 6.07 Å². The van der Waals surface area contributed by atoms with Crippen LogP contribution in [0.4, 0.5) is 19.0 Å². The predicted molar refractivity (Wildman–Crippen MR) is 61.2 cm³/mol. The molecule has 0 spiro atoms. The lowest BCUT2D eigenvalue weighted by atomic mass is 10.2. The van der Waals surface area contributed by atoms with E-state index >= 15 is 0 Å². The van der Waals surface area contributed by atoms with E-state index < -0.39 is 18.6 Å². The highest BCUT2D eigenvalue weighted by molar-refractivity contribution is 5.80. The molecule has 0 atom stereocenters. The van der Waals surface area contributed by atoms with Crippen molar-refractivity contribution < 1.29 is 18.0 Å². The van der Waals surface area contributed by atoms with Gasteiger partial charge in [-0.15, -0.1) is 0 Å². The number of hydrogen-bond acceptors (Lipinski definition) is 4. The number of hydrogen-bond donors (Lipinski definition) is 2. The van der Waals surface area contributed by atoms with Gasteiger partial charge in [-0.25, -0.2) is 4.98 Å². The Morgan fingerprint density at radius 1 is 1.47 bits per heavy atom. The van der Waals surface area contributed by atoms with Crippen LogP contribution < -0.4 is 10.6 Å². The number of halogens is 3. The first-order valence-corrected chi connectivity index (χ1v) is 5.27. The van der Waals surface area contributed by atoms with E-state index in [1.807, 2.05) is 6.07 Å². The van der Waals surface area contributed by atoms with Crippen LogP contribution in [0.2, 0.25) is 0 Å². The fourth-order valence-electron chi connectivity index (χ4n) is 1.17. The van der Waals surface area contributed by atoms with Crippen molar-refractivity contribution in [2.75, 3.05) is 18.4 Å². The number of nitriles is 1. The monoisotopic (exact) mass is 272 g/mol. The van der Waals surface area contributed by atoms with Crippen LogP contribution in [0.15, 0.2) is 12.1 Å². The minimum atomic E-state index is -4.44. The second-order valence-corrected chi connectivity index (χ2v) is 3.72. The average Bonchev–Trinajstić information content (AvgIpc) is 2.34. The van der Waals surface area contributed by atoms with Crippen molar-refractivity contribution in [1.82, 2.24) is 10.3 Å². The van der Waals surface area contributed by atoms with Crippen LogP contribution in [0, 0.1) is 18.3 Å². The number of rotatable bonds is 4. The first-order valence-electron chi connectivity index (χ1n) is 5.27. The summed E-state index contributed by atoms with van der Waals surface area (Å²) in [7, 11) is 0. The van der Waals surface area contributed by atoms with Crippen molar-refractivity contribution in [3.05, 3.63) is 23.4 Å². The number of pyridine rings is 1. The second kappa shape index (κ2) is 6.04. The first-order chi connectivity index (χ1) is 8.81. The molecule has 1 rings (SSSR count). The maximum absolute atomic E-state index is 11.8. The molecule has 1 aromatic heterocycles. The van der Waals surface area contributed by atoms with Gasteiger partial charge in [0.2, 0.25) is 5.91 Å². The van der Waals surface area contributed by atoms with Gasteiger partial charge in [-0.3, -0.25) is 4.79 Å². The fourth-order valence-corrected chi connectivity index (χ4v) is 1.17. The summed E-state index contributed by atoms with van der Waals surface area (Å²) in [5, 5.41) is 13.0. The van der Waals surface area contributed by atoms with Gasteiger partial charge in [0, 0.05) is 0 Å². The van der Waals surface area contributed by atoms with Gasteiger partial charge in [-0.2, -0.15) is 18.4 Å². The van der Waals surface area contributed by atoms with E-state index in [0.29, 0.717) is 5.56 Å². The summed E-state index contributed by atoms with van der Waals surface area (Å²) in [6.45, 7) is -0.0271. The molecule has 0 aliphatic heterocycles. The van der Waals surface area contributed by atoms with Crippen LogP contribution in [0.5, 0.6) is 0 Å². The Hall–Kier alpha value is -2.30. The summed E-state index contributed by atoms with van der Waals surface area (Å²) in [5.41, 5.74) is 0.871. The quantitative estimate of drug-likeness (QED) is 0.867. The van der Waals surface area contributed by atoms with Gasteiger partial charge in [0.25, 0.3) is 0 Å². The van der Waals surface area contributed by atoms with Gasteiger partial charge >= 0.3 is 6.18 Å². The molecule has 1 aromatic rings. The third-order valence-electron chi connectivity index (χ3n) is 2.12. The van der Waals surface area contributed by atoms with E-state index in [1.54, 1.807) is 18.3 Å². The number of aryl methyl sites for hydroxylation is 1. The summed E-state index contributed by atoms with van der Waals surface area (Å²) in [4.78, 5) is 15.0. The van der Waals surface area contributed by atoms with Crippen LogP contribution in [0.25, 0.3) is 0 Å². The maximum atomic E-state index is 11.8. The molecule has 2 N–H and O–H groups in total. The van der Waals surface area contributed by atoms with Crippen molar-refractivity contribution in [3.8, 4) is 6.07 Å². The summed E-state index contributed by atoms with van der Waals surface area (Å²) >= 11 is 0. The molecule has 5 nitrogen and oxygen atoms in total. The molecule has 0 aliphatic rings. The normalized spacial score (nSPS) is 10.7. The highest BCUT2D eigenvalue weighted by Crippen LogP contribution is 2.12. The zero-order valence-corrected chi connectivity index (χ0v) is 10.0. The standard InChI is InChI=1S/C11H11F3N4O/c1-7-2-3-9(18-8(7)4-15)16-5-10(19)17-6-11(12,13)14/h2-3H,5-6H2,1H3,(H,16,18)(H,17,19). The summed E-state index contributed by atoms with van der Waals surface area (Å²) in [6.07, 6.45) is -4.44. The van der Waals surface area contributed by atoms with Gasteiger partial charge in [0.15, 0.2) is 0 Å². The molecule has 0 fully saturated rings. The van der Waals surface area contributed by atoms with Crippen LogP contribution in [0.3, 0.4) is 0 Å². The number of amides is 1. The summed E-state index contributed by atoms with van der Waals surface area (Å²) in [5.74, 6) is -0.553. The van der Waals surface area contributed by atoms with Crippen molar-refractivity contribution in [3.63, 3.8) is 0 Å². The Labute approximate surface area is 107 Å². The van der Waals surface area contributed by atoms with Gasteiger partial charge in [-0.05, 0) is 18.6 Å². The maximum Gasteiger partial charge on any atom is 0.405 e. The fraction of sp³-hybridized carbons (Fsp3) is 0.364. The third-order valence-corrected chi connectivity index (χ3v) is 2.12. The molecule has 0 unspecified atom stereocenters. The molecule has 0 aliphatic carbocycles. The lowest BCUT2D eigenvalue weighted by molar-refractivity contribution is -0.137. The summed E-state index contributed by atoms with van der Waals surface area (Å²) < 4.78 is 35.5. The van der Waals surface area contributed by atoms with E-state index in [1.165, 1.54) is 6.07 Å². The van der Waals surface area contributed by atoms with Crippen LogP contribution in [0.1, 0.15) is 11.3 Å². The van der Waals surface area contributed by atoms with Crippen LogP contribution in [-0.4, -0.2) is 30.2 Å². The van der Waals surface area contributed by atoms with Crippen LogP contribution >= 0.6 is 0 Å². The molecule has 0 saturated carbocycles. The topological polar surface area (TPSA) is 77.8 Å². The van der Waals surface area contributed by atoms with E-state index in [-0.39, 0.29) is 18.1 Å². The lowest BCUT2D eigenvalue weighted by Crippen LogP contribution is -2.37. The molecule has 0 radical (unpaired) electrons. The van der Waals surface area contributed by atoms with Crippen molar-refractivity contribution in [1.29, 1.82) is 5.26 Å². The second-order valence-electron chi connectivity index (χ2n) is 3.72. The van der Waals surface area contributed by atoms with Gasteiger partial charge in [0.05, 0.1) is 6.54 Å². The van der Waals surface area contributed by atoms with Crippen molar-refractivity contribution in [2.24, 2.45) is 0 Å². The van der Waals surface area contributed by atoms with Gasteiger partial charge in [0.1, 0.15) is 24.1 Å². The number of carbonyl (C=O) groups excluding carboxylic acids is 1. The molecule has 1 heterocycles. The molecular weight excluding hydrogens is 261 g/mol. The Bertz CT molecular complexity index is 508. The zero-order chi connectivity index (χ0) is 14.5. The van der Waals surface area contributed by atoms with Gasteiger partial charge < -0.3 is 10.6 Å². The SMILES string of the molecule is Cc1ccc(NCC(=O)NCC(F)(F)F)nc1C#N. The van der Waals surface area contributed by atoms with E-state index in [2.05, 4.69) is 10.3 Å². The lowest BCUT2D eigenvalue weighted by Gasteiger charge is -2.09. The smallest absolute Gasteiger partial charge is 0.361 e. The number of anilines is 1. The van der Waals surface area contributed by atoms with Crippen molar-refractivity contribution in [2.45, 2.75) is 13.1 Å². The minimum Gasteiger partial charge on any atom is -0.361 e. The molecule has 0 aromatic carbocycles. The zero-order valence-electron chi connectivity index (χ0n) is 10.0. The highest BCUT2D eigenvalue weighted by atomic mass is 19.4. The molecule has 0 saturated heterocycles. The Kier molecular flexibility index (Phi) is 4.69. The molecule has 19 heavy (non-hydrogen) atoms. The first kappa shape index (κ1) is 14.8. The Morgan fingerprint density at radius 2 is 2.16 bits per heavy atom. The molecular formula is C11H11F3N4O. The van der Waals surface area contributed by atoms with Crippen LogP contribution in [-0.2, 0) is 4.79 Å². The number of alkyl halides is 3. The Morgan fingerprint density at radius 3 is 2.74 bits per heavy atom. The number of carbonyl (C=O) groups is 1. The summed E-state index contributed by atoms with van der Waals surface area (Å²) in [6, 6.07) is 5.03. The predicted octanol–water partition coefficient (Wildman–Crippen LogP) is 1.35. The largest absolute Gasteiger partial charge is 0.405 e. The molecule has 8 heteroatoms.